The van der Waals surface area contributed by atoms with Crippen LogP contribution in [0.4, 0.5) is 0 Å². The van der Waals surface area contributed by atoms with Crippen LogP contribution in [0.5, 0.6) is 0 Å². The zero-order valence-corrected chi connectivity index (χ0v) is 15.7. The molecule has 1 aliphatic rings. The minimum atomic E-state index is -1.07. The monoisotopic (exact) mass is 327 g/mol. The largest absolute Gasteiger partial charge is 0.459 e. The molecule has 136 valence electrons. The van der Waals surface area contributed by atoms with E-state index in [1.54, 1.807) is 0 Å². The Kier molecular flexibility index (Phi) is 7.53. The molecule has 0 amide bonds. The molecule has 1 aliphatic carbocycles. The molecule has 0 bridgehead atoms. The minimum absolute atomic E-state index is 0.111. The van der Waals surface area contributed by atoms with Gasteiger partial charge in [0.15, 0.2) is 0 Å². The number of carbonyl (C=O) groups is 1. The Morgan fingerprint density at radius 3 is 2.22 bits per heavy atom. The van der Waals surface area contributed by atoms with E-state index in [0.717, 1.165) is 32.1 Å². The van der Waals surface area contributed by atoms with E-state index in [1.807, 2.05) is 20.8 Å². The second-order valence-corrected chi connectivity index (χ2v) is 8.71. The van der Waals surface area contributed by atoms with Gasteiger partial charge in [-0.25, -0.2) is 0 Å². The zero-order valence-electron chi connectivity index (χ0n) is 15.7. The van der Waals surface area contributed by atoms with Crippen molar-refractivity contribution >= 4 is 5.97 Å². The van der Waals surface area contributed by atoms with Crippen molar-refractivity contribution in [2.24, 2.45) is 17.6 Å². The molecule has 4 nitrogen and oxygen atoms in total. The first-order chi connectivity index (χ1) is 10.5. The van der Waals surface area contributed by atoms with Crippen LogP contribution in [0, 0.1) is 11.8 Å². The number of carbonyl (C=O) groups excluding carboxylic acids is 1. The molecule has 0 spiro atoms. The number of hydrogen-bond acceptors (Lipinski definition) is 4. The van der Waals surface area contributed by atoms with Crippen LogP contribution in [0.3, 0.4) is 0 Å². The third-order valence-electron chi connectivity index (χ3n) is 4.76. The van der Waals surface area contributed by atoms with Crippen LogP contribution in [0.25, 0.3) is 0 Å². The maximum Gasteiger partial charge on any atom is 0.327 e. The number of aliphatic hydroxyl groups is 1. The fraction of sp³-hybridized carbons (Fsp3) is 0.947. The van der Waals surface area contributed by atoms with E-state index in [-0.39, 0.29) is 11.9 Å². The number of rotatable bonds is 7. The highest BCUT2D eigenvalue weighted by Crippen LogP contribution is 2.36. The molecule has 1 rings (SSSR count). The summed E-state index contributed by atoms with van der Waals surface area (Å²) in [5.74, 6) is 0.299. The summed E-state index contributed by atoms with van der Waals surface area (Å²) in [6.07, 6.45) is 6.71. The molecule has 4 heteroatoms. The summed E-state index contributed by atoms with van der Waals surface area (Å²) in [4.78, 5) is 12.8. The predicted molar refractivity (Wildman–Crippen MR) is 94.0 cm³/mol. The van der Waals surface area contributed by atoms with Crippen molar-refractivity contribution in [1.82, 2.24) is 0 Å². The molecule has 0 radical (unpaired) electrons. The van der Waals surface area contributed by atoms with Gasteiger partial charge < -0.3 is 15.6 Å². The van der Waals surface area contributed by atoms with Crippen molar-refractivity contribution in [2.45, 2.75) is 103 Å². The number of esters is 1. The molecular formula is C19H37NO3. The quantitative estimate of drug-likeness (QED) is 0.698. The van der Waals surface area contributed by atoms with E-state index in [4.69, 9.17) is 10.5 Å². The summed E-state index contributed by atoms with van der Waals surface area (Å²) in [5, 5.41) is 10.4. The average molecular weight is 328 g/mol. The molecule has 2 atom stereocenters. The van der Waals surface area contributed by atoms with Crippen molar-refractivity contribution in [3.63, 3.8) is 0 Å². The summed E-state index contributed by atoms with van der Waals surface area (Å²) < 4.78 is 5.61. The predicted octanol–water partition coefficient (Wildman–Crippen LogP) is 3.79. The normalized spacial score (nSPS) is 21.0. The van der Waals surface area contributed by atoms with Gasteiger partial charge >= 0.3 is 5.97 Å². The van der Waals surface area contributed by atoms with Gasteiger partial charge in [0.2, 0.25) is 0 Å². The lowest BCUT2D eigenvalue weighted by molar-refractivity contribution is -0.166. The topological polar surface area (TPSA) is 72.5 Å². The van der Waals surface area contributed by atoms with Gasteiger partial charge in [-0.2, -0.15) is 0 Å². The Bertz CT molecular complexity index is 369. The molecule has 2 unspecified atom stereocenters. The molecular weight excluding hydrogens is 290 g/mol. The number of hydrogen-bond donors (Lipinski definition) is 2. The summed E-state index contributed by atoms with van der Waals surface area (Å²) in [6.45, 7) is 9.86. The Morgan fingerprint density at radius 1 is 1.17 bits per heavy atom. The molecule has 0 heterocycles. The van der Waals surface area contributed by atoms with Crippen LogP contribution in [0.1, 0.15) is 86.0 Å². The van der Waals surface area contributed by atoms with Gasteiger partial charge in [0, 0.05) is 6.42 Å². The molecule has 1 saturated carbocycles. The Morgan fingerprint density at radius 2 is 1.74 bits per heavy atom. The summed E-state index contributed by atoms with van der Waals surface area (Å²) in [6, 6.07) is 0. The van der Waals surface area contributed by atoms with Crippen LogP contribution in [0.2, 0.25) is 0 Å². The van der Waals surface area contributed by atoms with Crippen LogP contribution in [-0.2, 0) is 9.53 Å². The molecule has 1 fully saturated rings. The van der Waals surface area contributed by atoms with Crippen LogP contribution < -0.4 is 5.73 Å². The van der Waals surface area contributed by atoms with E-state index < -0.39 is 17.2 Å². The SMILES string of the molecule is CC(C)CCC(O)CC(N)(C(=O)OC(C)(C)C)C1CCCCC1. The molecule has 23 heavy (non-hydrogen) atoms. The summed E-state index contributed by atoms with van der Waals surface area (Å²) in [7, 11) is 0. The molecule has 0 aromatic heterocycles. The molecule has 3 N–H and O–H groups in total. The Hall–Kier alpha value is -0.610. The van der Waals surface area contributed by atoms with Gasteiger partial charge in [-0.1, -0.05) is 33.1 Å². The highest BCUT2D eigenvalue weighted by atomic mass is 16.6. The zero-order chi connectivity index (χ0) is 17.7. The lowest BCUT2D eigenvalue weighted by Gasteiger charge is -2.40. The van der Waals surface area contributed by atoms with E-state index in [1.165, 1.54) is 6.42 Å². The van der Waals surface area contributed by atoms with Crippen molar-refractivity contribution < 1.29 is 14.6 Å². The van der Waals surface area contributed by atoms with Crippen molar-refractivity contribution in [3.8, 4) is 0 Å². The molecule has 0 aromatic carbocycles. The lowest BCUT2D eigenvalue weighted by Crippen LogP contribution is -2.58. The summed E-state index contributed by atoms with van der Waals surface area (Å²) in [5.41, 5.74) is 4.97. The highest BCUT2D eigenvalue weighted by molar-refractivity contribution is 5.81. The van der Waals surface area contributed by atoms with E-state index in [9.17, 15) is 9.90 Å². The molecule has 0 aromatic rings. The first-order valence-electron chi connectivity index (χ1n) is 9.25. The average Bonchev–Trinajstić information content (AvgIpc) is 2.44. The smallest absolute Gasteiger partial charge is 0.327 e. The van der Waals surface area contributed by atoms with Gasteiger partial charge in [0.1, 0.15) is 11.1 Å². The van der Waals surface area contributed by atoms with Gasteiger partial charge in [-0.15, -0.1) is 0 Å². The maximum absolute atomic E-state index is 12.8. The number of ether oxygens (including phenoxy) is 1. The fourth-order valence-corrected chi connectivity index (χ4v) is 3.43. The maximum atomic E-state index is 12.8. The second kappa shape index (κ2) is 8.48. The van der Waals surface area contributed by atoms with Gasteiger partial charge in [0.25, 0.3) is 0 Å². The molecule has 0 saturated heterocycles. The minimum Gasteiger partial charge on any atom is -0.459 e. The first kappa shape index (κ1) is 20.4. The third-order valence-corrected chi connectivity index (χ3v) is 4.76. The van der Waals surface area contributed by atoms with Crippen molar-refractivity contribution in [3.05, 3.63) is 0 Å². The van der Waals surface area contributed by atoms with Crippen LogP contribution >= 0.6 is 0 Å². The van der Waals surface area contributed by atoms with Gasteiger partial charge in [-0.05, 0) is 58.3 Å². The Balaban J connectivity index is 2.84. The van der Waals surface area contributed by atoms with Gasteiger partial charge in [-0.3, -0.25) is 4.79 Å². The number of aliphatic hydroxyl groups excluding tert-OH is 1. The van der Waals surface area contributed by atoms with E-state index >= 15 is 0 Å². The fourth-order valence-electron chi connectivity index (χ4n) is 3.43. The van der Waals surface area contributed by atoms with E-state index in [0.29, 0.717) is 18.8 Å². The van der Waals surface area contributed by atoms with Crippen LogP contribution in [0.15, 0.2) is 0 Å². The van der Waals surface area contributed by atoms with Crippen molar-refractivity contribution in [2.75, 3.05) is 0 Å². The number of nitrogens with two attached hydrogens (primary N) is 1. The Labute approximate surface area is 142 Å². The highest BCUT2D eigenvalue weighted by Gasteiger charge is 2.46. The molecule has 0 aliphatic heterocycles. The van der Waals surface area contributed by atoms with Gasteiger partial charge in [0.05, 0.1) is 6.10 Å². The second-order valence-electron chi connectivity index (χ2n) is 8.71. The standard InChI is InChI=1S/C19H37NO3/c1-14(2)11-12-16(21)13-19(20,15-9-7-6-8-10-15)17(22)23-18(3,4)5/h14-16,21H,6-13,20H2,1-5H3. The third kappa shape index (κ3) is 6.80. The van der Waals surface area contributed by atoms with Crippen molar-refractivity contribution in [1.29, 1.82) is 0 Å². The lowest BCUT2D eigenvalue weighted by atomic mass is 9.72. The summed E-state index contributed by atoms with van der Waals surface area (Å²) >= 11 is 0. The first-order valence-corrected chi connectivity index (χ1v) is 9.25. The van der Waals surface area contributed by atoms with E-state index in [2.05, 4.69) is 13.8 Å². The van der Waals surface area contributed by atoms with Crippen LogP contribution in [-0.4, -0.2) is 28.3 Å².